The lowest BCUT2D eigenvalue weighted by molar-refractivity contribution is 0.319. The van der Waals surface area contributed by atoms with Crippen LogP contribution in [0.1, 0.15) is 13.8 Å². The number of oxime groups is 1. The molecule has 0 heterocycles. The predicted octanol–water partition coefficient (Wildman–Crippen LogP) is 1.10. The molecule has 2 nitrogen and oxygen atoms in total. The topological polar surface area (TPSA) is 32.6 Å². The molecule has 0 aromatic heterocycles. The van der Waals surface area contributed by atoms with E-state index in [4.69, 9.17) is 5.21 Å². The SMILES string of the molecule is CC1C(=NO)C1C. The van der Waals surface area contributed by atoms with Gasteiger partial charge in [0.25, 0.3) is 0 Å². The molecule has 2 heteroatoms. The van der Waals surface area contributed by atoms with Crippen LogP contribution < -0.4 is 0 Å². The fourth-order valence-electron chi connectivity index (χ4n) is 0.728. The molecule has 0 radical (unpaired) electrons. The van der Waals surface area contributed by atoms with Gasteiger partial charge in [-0.2, -0.15) is 0 Å². The van der Waals surface area contributed by atoms with E-state index in [2.05, 4.69) is 19.0 Å². The van der Waals surface area contributed by atoms with Crippen LogP contribution in [0.15, 0.2) is 5.16 Å². The molecule has 0 bridgehead atoms. The molecule has 0 saturated heterocycles. The van der Waals surface area contributed by atoms with Crippen molar-refractivity contribution in [2.24, 2.45) is 17.0 Å². The van der Waals surface area contributed by atoms with E-state index in [1.54, 1.807) is 0 Å². The van der Waals surface area contributed by atoms with Crippen molar-refractivity contribution in [3.8, 4) is 0 Å². The van der Waals surface area contributed by atoms with Gasteiger partial charge in [-0.15, -0.1) is 0 Å². The van der Waals surface area contributed by atoms with Crippen LogP contribution in [0.25, 0.3) is 0 Å². The lowest BCUT2D eigenvalue weighted by Gasteiger charge is -1.63. The van der Waals surface area contributed by atoms with Crippen LogP contribution in [0.3, 0.4) is 0 Å². The van der Waals surface area contributed by atoms with Gasteiger partial charge >= 0.3 is 0 Å². The lowest BCUT2D eigenvalue weighted by Crippen LogP contribution is -1.67. The van der Waals surface area contributed by atoms with Gasteiger partial charge < -0.3 is 5.21 Å². The highest BCUT2D eigenvalue weighted by Gasteiger charge is 2.38. The second-order valence-corrected chi connectivity index (χ2v) is 2.10. The van der Waals surface area contributed by atoms with Crippen LogP contribution in [0.2, 0.25) is 0 Å². The molecule has 7 heavy (non-hydrogen) atoms. The molecule has 1 saturated carbocycles. The number of hydrogen-bond donors (Lipinski definition) is 1. The predicted molar refractivity (Wildman–Crippen MR) is 27.5 cm³/mol. The molecule has 2 atom stereocenters. The highest BCUT2D eigenvalue weighted by atomic mass is 16.4. The average Bonchev–Trinajstić information content (AvgIpc) is 2.17. The molecule has 2 unspecified atom stereocenters. The fraction of sp³-hybridized carbons (Fsp3) is 0.800. The summed E-state index contributed by atoms with van der Waals surface area (Å²) in [7, 11) is 0. The molecule has 0 aliphatic heterocycles. The number of hydrogen-bond acceptors (Lipinski definition) is 2. The molecular formula is C5H9NO. The molecule has 0 spiro atoms. The Balaban J connectivity index is 2.54. The molecular weight excluding hydrogens is 90.1 g/mol. The van der Waals surface area contributed by atoms with Gasteiger partial charge in [-0.1, -0.05) is 19.0 Å². The maximum Gasteiger partial charge on any atom is 0.0639 e. The summed E-state index contributed by atoms with van der Waals surface area (Å²) in [6, 6.07) is 0. The second kappa shape index (κ2) is 1.22. The van der Waals surface area contributed by atoms with Gasteiger partial charge in [0.15, 0.2) is 0 Å². The average molecular weight is 99.1 g/mol. The van der Waals surface area contributed by atoms with Gasteiger partial charge in [0.05, 0.1) is 5.71 Å². The van der Waals surface area contributed by atoms with Gasteiger partial charge in [-0.25, -0.2) is 0 Å². The van der Waals surface area contributed by atoms with Gasteiger partial charge in [-0.05, 0) is 0 Å². The summed E-state index contributed by atoms with van der Waals surface area (Å²) >= 11 is 0. The van der Waals surface area contributed by atoms with Crippen molar-refractivity contribution in [1.29, 1.82) is 0 Å². The largest absolute Gasteiger partial charge is 0.411 e. The van der Waals surface area contributed by atoms with Gasteiger partial charge in [0, 0.05) is 11.8 Å². The zero-order chi connectivity index (χ0) is 5.44. The Kier molecular flexibility index (Phi) is 0.805. The standard InChI is InChI=1S/C5H9NO/c1-3-4(2)5(3)6-7/h3-4,7H,1-2H3. The van der Waals surface area contributed by atoms with E-state index in [0.717, 1.165) is 5.71 Å². The highest BCUT2D eigenvalue weighted by Crippen LogP contribution is 2.32. The summed E-state index contributed by atoms with van der Waals surface area (Å²) < 4.78 is 0. The minimum absolute atomic E-state index is 0.532. The van der Waals surface area contributed by atoms with Crippen molar-refractivity contribution >= 4 is 5.71 Å². The van der Waals surface area contributed by atoms with Crippen LogP contribution in [-0.4, -0.2) is 10.9 Å². The van der Waals surface area contributed by atoms with E-state index >= 15 is 0 Å². The minimum atomic E-state index is 0.532. The van der Waals surface area contributed by atoms with Gasteiger partial charge in [0.1, 0.15) is 0 Å². The molecule has 1 fully saturated rings. The first-order chi connectivity index (χ1) is 3.27. The van der Waals surface area contributed by atoms with Crippen molar-refractivity contribution in [2.45, 2.75) is 13.8 Å². The zero-order valence-corrected chi connectivity index (χ0v) is 4.55. The minimum Gasteiger partial charge on any atom is -0.411 e. The van der Waals surface area contributed by atoms with E-state index in [1.165, 1.54) is 0 Å². The first-order valence-corrected chi connectivity index (χ1v) is 2.49. The highest BCUT2D eigenvalue weighted by molar-refractivity contribution is 6.02. The van der Waals surface area contributed by atoms with Crippen molar-refractivity contribution in [1.82, 2.24) is 0 Å². The smallest absolute Gasteiger partial charge is 0.0639 e. The molecule has 40 valence electrons. The monoisotopic (exact) mass is 99.1 g/mol. The molecule has 0 amide bonds. The third-order valence-electron chi connectivity index (χ3n) is 1.69. The van der Waals surface area contributed by atoms with E-state index in [-0.39, 0.29) is 0 Å². The number of rotatable bonds is 0. The molecule has 0 aromatic carbocycles. The Morgan fingerprint density at radius 2 is 1.86 bits per heavy atom. The molecule has 1 aliphatic rings. The number of nitrogens with zero attached hydrogens (tertiary/aromatic N) is 1. The van der Waals surface area contributed by atoms with Crippen molar-refractivity contribution in [2.75, 3.05) is 0 Å². The summed E-state index contributed by atoms with van der Waals surface area (Å²) in [6.45, 7) is 4.11. The van der Waals surface area contributed by atoms with Crippen LogP contribution in [0, 0.1) is 11.8 Å². The second-order valence-electron chi connectivity index (χ2n) is 2.10. The molecule has 1 rings (SSSR count). The summed E-state index contributed by atoms with van der Waals surface area (Å²) in [5.74, 6) is 1.06. The van der Waals surface area contributed by atoms with E-state index in [9.17, 15) is 0 Å². The molecule has 0 aromatic rings. The molecule has 1 aliphatic carbocycles. The Morgan fingerprint density at radius 1 is 1.43 bits per heavy atom. The quantitative estimate of drug-likeness (QED) is 0.358. The normalized spacial score (nSPS) is 38.3. The third-order valence-corrected chi connectivity index (χ3v) is 1.69. The summed E-state index contributed by atoms with van der Waals surface area (Å²) in [5.41, 5.74) is 0.944. The first kappa shape index (κ1) is 4.62. The van der Waals surface area contributed by atoms with Crippen LogP contribution in [0.5, 0.6) is 0 Å². The fourth-order valence-corrected chi connectivity index (χ4v) is 0.728. The maximum absolute atomic E-state index is 8.13. The Bertz CT molecular complexity index is 98.6. The maximum atomic E-state index is 8.13. The molecule has 1 N–H and O–H groups in total. The van der Waals surface area contributed by atoms with Crippen LogP contribution >= 0.6 is 0 Å². The summed E-state index contributed by atoms with van der Waals surface area (Å²) in [6.07, 6.45) is 0. The van der Waals surface area contributed by atoms with Gasteiger partial charge in [-0.3, -0.25) is 0 Å². The van der Waals surface area contributed by atoms with E-state index < -0.39 is 0 Å². The zero-order valence-electron chi connectivity index (χ0n) is 4.55. The van der Waals surface area contributed by atoms with Crippen LogP contribution in [-0.2, 0) is 0 Å². The Hall–Kier alpha value is -0.530. The van der Waals surface area contributed by atoms with E-state index in [1.807, 2.05) is 0 Å². The van der Waals surface area contributed by atoms with Gasteiger partial charge in [0.2, 0.25) is 0 Å². The lowest BCUT2D eigenvalue weighted by atomic mass is 10.4. The third kappa shape index (κ3) is 0.501. The van der Waals surface area contributed by atoms with Crippen molar-refractivity contribution in [3.05, 3.63) is 0 Å². The van der Waals surface area contributed by atoms with Crippen molar-refractivity contribution < 1.29 is 5.21 Å². The Morgan fingerprint density at radius 3 is 1.86 bits per heavy atom. The first-order valence-electron chi connectivity index (χ1n) is 2.49. The summed E-state index contributed by atoms with van der Waals surface area (Å²) in [4.78, 5) is 0. The Labute approximate surface area is 42.8 Å². The van der Waals surface area contributed by atoms with E-state index in [0.29, 0.717) is 11.8 Å². The van der Waals surface area contributed by atoms with Crippen LogP contribution in [0.4, 0.5) is 0 Å². The van der Waals surface area contributed by atoms with Crippen molar-refractivity contribution in [3.63, 3.8) is 0 Å². The summed E-state index contributed by atoms with van der Waals surface area (Å²) in [5, 5.41) is 11.2.